The SMILES string of the molecule is CCCOC1([Si](CC)(OCC)OCC)CO1. The standard InChI is InChI=1S/C11H24O4Si/c1-5-9-12-11(10-13-11)16(8-4,14-6-2)15-7-3/h5-10H2,1-4H3. The van der Waals surface area contributed by atoms with Gasteiger partial charge in [-0.3, -0.25) is 0 Å². The molecule has 0 aromatic heterocycles. The monoisotopic (exact) mass is 248 g/mol. The van der Waals surface area contributed by atoms with Crippen molar-refractivity contribution in [2.45, 2.75) is 45.6 Å². The zero-order valence-corrected chi connectivity index (χ0v) is 11.9. The van der Waals surface area contributed by atoms with Crippen molar-refractivity contribution >= 4 is 8.56 Å². The van der Waals surface area contributed by atoms with Crippen LogP contribution in [0.4, 0.5) is 0 Å². The first-order chi connectivity index (χ1) is 7.70. The van der Waals surface area contributed by atoms with Gasteiger partial charge in [-0.25, -0.2) is 0 Å². The van der Waals surface area contributed by atoms with Crippen molar-refractivity contribution in [2.75, 3.05) is 26.4 Å². The van der Waals surface area contributed by atoms with Crippen molar-refractivity contribution in [1.82, 2.24) is 0 Å². The predicted molar refractivity (Wildman–Crippen MR) is 64.4 cm³/mol. The highest BCUT2D eigenvalue weighted by atomic mass is 28.4. The molecular formula is C11H24O4Si. The van der Waals surface area contributed by atoms with E-state index in [-0.39, 0.29) is 0 Å². The number of ether oxygens (including phenoxy) is 2. The molecule has 96 valence electrons. The second kappa shape index (κ2) is 6.12. The van der Waals surface area contributed by atoms with E-state index in [1.807, 2.05) is 13.8 Å². The second-order valence-corrected chi connectivity index (χ2v) is 7.41. The van der Waals surface area contributed by atoms with Gasteiger partial charge in [0.25, 0.3) is 0 Å². The van der Waals surface area contributed by atoms with Gasteiger partial charge in [0.05, 0.1) is 0 Å². The molecule has 0 N–H and O–H groups in total. The van der Waals surface area contributed by atoms with Crippen LogP contribution in [0.2, 0.25) is 6.04 Å². The summed E-state index contributed by atoms with van der Waals surface area (Å²) in [6, 6.07) is 0.860. The van der Waals surface area contributed by atoms with Crippen LogP contribution in [0.3, 0.4) is 0 Å². The smallest absolute Gasteiger partial charge is 0.391 e. The van der Waals surface area contributed by atoms with Crippen LogP contribution >= 0.6 is 0 Å². The fraction of sp³-hybridized carbons (Fsp3) is 1.00. The van der Waals surface area contributed by atoms with Crippen LogP contribution in [0, 0.1) is 0 Å². The maximum Gasteiger partial charge on any atom is 0.402 e. The minimum atomic E-state index is -2.37. The minimum absolute atomic E-state index is 0.538. The zero-order chi connectivity index (χ0) is 12.1. The Labute approximate surface area is 99.5 Å². The van der Waals surface area contributed by atoms with Crippen LogP contribution in [-0.4, -0.2) is 40.4 Å². The van der Waals surface area contributed by atoms with Gasteiger partial charge in [0.2, 0.25) is 5.41 Å². The summed E-state index contributed by atoms with van der Waals surface area (Å²) in [7, 11) is -2.37. The fourth-order valence-electron chi connectivity index (χ4n) is 1.95. The molecule has 0 amide bonds. The van der Waals surface area contributed by atoms with Gasteiger partial charge >= 0.3 is 8.56 Å². The largest absolute Gasteiger partial charge is 0.402 e. The van der Waals surface area contributed by atoms with Crippen LogP contribution in [0.1, 0.15) is 34.1 Å². The lowest BCUT2D eigenvalue weighted by Crippen LogP contribution is -2.57. The van der Waals surface area contributed by atoms with Gasteiger partial charge in [-0.2, -0.15) is 0 Å². The molecule has 5 heteroatoms. The summed E-state index contributed by atoms with van der Waals surface area (Å²) in [4.78, 5) is 0. The number of hydrogen-bond donors (Lipinski definition) is 0. The molecule has 0 spiro atoms. The van der Waals surface area contributed by atoms with Gasteiger partial charge in [0, 0.05) is 19.8 Å². The summed E-state index contributed by atoms with van der Waals surface area (Å²) >= 11 is 0. The Kier molecular flexibility index (Phi) is 5.40. The first-order valence-corrected chi connectivity index (χ1v) is 8.28. The summed E-state index contributed by atoms with van der Waals surface area (Å²) in [5.74, 6) is 0. The summed E-state index contributed by atoms with van der Waals surface area (Å²) in [5.41, 5.74) is -0.538. The highest BCUT2D eigenvalue weighted by Crippen LogP contribution is 2.42. The Bertz CT molecular complexity index is 200. The molecular weight excluding hydrogens is 224 g/mol. The molecule has 1 unspecified atom stereocenters. The zero-order valence-electron chi connectivity index (χ0n) is 10.9. The van der Waals surface area contributed by atoms with Gasteiger partial charge in [-0.05, 0) is 26.3 Å². The van der Waals surface area contributed by atoms with E-state index in [4.69, 9.17) is 18.3 Å². The normalized spacial score (nSPS) is 24.8. The van der Waals surface area contributed by atoms with Gasteiger partial charge in [-0.1, -0.05) is 13.8 Å². The average Bonchev–Trinajstić information content (AvgIpc) is 3.07. The van der Waals surface area contributed by atoms with E-state index in [0.717, 1.165) is 12.5 Å². The number of rotatable bonds is 9. The molecule has 0 saturated carbocycles. The summed E-state index contributed by atoms with van der Waals surface area (Å²) < 4.78 is 23.2. The Hall–Kier alpha value is 0.0569. The molecule has 1 heterocycles. The Morgan fingerprint density at radius 2 is 1.69 bits per heavy atom. The Morgan fingerprint density at radius 3 is 2.00 bits per heavy atom. The molecule has 0 aromatic rings. The molecule has 0 aromatic carbocycles. The fourth-order valence-corrected chi connectivity index (χ4v) is 5.18. The molecule has 1 fully saturated rings. The quantitative estimate of drug-likeness (QED) is 0.463. The maximum absolute atomic E-state index is 5.91. The van der Waals surface area contributed by atoms with Crippen LogP contribution in [0.15, 0.2) is 0 Å². The van der Waals surface area contributed by atoms with Crippen LogP contribution in [0.5, 0.6) is 0 Å². The first kappa shape index (κ1) is 14.1. The third kappa shape index (κ3) is 2.65. The summed E-state index contributed by atoms with van der Waals surface area (Å²) in [5, 5.41) is 0. The highest BCUT2D eigenvalue weighted by Gasteiger charge is 2.68. The first-order valence-electron chi connectivity index (χ1n) is 6.26. The van der Waals surface area contributed by atoms with E-state index in [1.54, 1.807) is 0 Å². The molecule has 0 bridgehead atoms. The molecule has 1 rings (SSSR count). The van der Waals surface area contributed by atoms with Crippen molar-refractivity contribution in [3.8, 4) is 0 Å². The molecule has 1 aliphatic heterocycles. The third-order valence-electron chi connectivity index (χ3n) is 2.75. The van der Waals surface area contributed by atoms with Crippen molar-refractivity contribution in [3.63, 3.8) is 0 Å². The third-order valence-corrected chi connectivity index (χ3v) is 6.78. The molecule has 1 saturated heterocycles. The molecule has 16 heavy (non-hydrogen) atoms. The van der Waals surface area contributed by atoms with Crippen LogP contribution < -0.4 is 0 Å². The Morgan fingerprint density at radius 1 is 1.12 bits per heavy atom. The molecule has 0 aliphatic carbocycles. The average molecular weight is 248 g/mol. The van der Waals surface area contributed by atoms with E-state index >= 15 is 0 Å². The van der Waals surface area contributed by atoms with E-state index in [1.165, 1.54) is 0 Å². The number of epoxide rings is 1. The van der Waals surface area contributed by atoms with E-state index in [9.17, 15) is 0 Å². The van der Waals surface area contributed by atoms with E-state index in [0.29, 0.717) is 26.4 Å². The molecule has 0 radical (unpaired) electrons. The van der Waals surface area contributed by atoms with Gasteiger partial charge < -0.3 is 18.3 Å². The van der Waals surface area contributed by atoms with E-state index < -0.39 is 14.0 Å². The lowest BCUT2D eigenvalue weighted by atomic mass is 10.5. The Balaban J connectivity index is 2.73. The lowest BCUT2D eigenvalue weighted by Gasteiger charge is -2.33. The highest BCUT2D eigenvalue weighted by molar-refractivity contribution is 6.70. The minimum Gasteiger partial charge on any atom is -0.391 e. The van der Waals surface area contributed by atoms with Crippen molar-refractivity contribution in [3.05, 3.63) is 0 Å². The number of hydrogen-bond acceptors (Lipinski definition) is 4. The van der Waals surface area contributed by atoms with Crippen molar-refractivity contribution in [2.24, 2.45) is 0 Å². The van der Waals surface area contributed by atoms with Crippen LogP contribution in [-0.2, 0) is 18.3 Å². The molecule has 4 nitrogen and oxygen atoms in total. The van der Waals surface area contributed by atoms with Gasteiger partial charge in [0.15, 0.2) is 0 Å². The van der Waals surface area contributed by atoms with E-state index in [2.05, 4.69) is 13.8 Å². The van der Waals surface area contributed by atoms with Crippen molar-refractivity contribution < 1.29 is 18.3 Å². The molecule has 1 aliphatic rings. The van der Waals surface area contributed by atoms with Crippen molar-refractivity contribution in [1.29, 1.82) is 0 Å². The maximum atomic E-state index is 5.91. The summed E-state index contributed by atoms with van der Waals surface area (Å²) in [6.07, 6.45) is 0.984. The lowest BCUT2D eigenvalue weighted by molar-refractivity contribution is -0.0308. The van der Waals surface area contributed by atoms with Gasteiger partial charge in [-0.15, -0.1) is 0 Å². The molecule has 1 atom stereocenters. The second-order valence-electron chi connectivity index (χ2n) is 3.86. The summed E-state index contributed by atoms with van der Waals surface area (Å²) in [6.45, 7) is 10.8. The van der Waals surface area contributed by atoms with Gasteiger partial charge in [0.1, 0.15) is 6.61 Å². The van der Waals surface area contributed by atoms with Crippen LogP contribution in [0.25, 0.3) is 0 Å². The topological polar surface area (TPSA) is 40.2 Å². The predicted octanol–water partition coefficient (Wildman–Crippen LogP) is 2.21.